The number of nitrogens with one attached hydrogen (secondary N) is 3. The fourth-order valence-electron chi connectivity index (χ4n) is 9.99. The molecule has 0 aliphatic carbocycles. The number of carboxylic acid groups (broad SMARTS) is 1. The van der Waals surface area contributed by atoms with Crippen LogP contribution in [0.3, 0.4) is 0 Å². The lowest BCUT2D eigenvalue weighted by molar-refractivity contribution is -0.139. The van der Waals surface area contributed by atoms with Crippen LogP contribution >= 0.6 is 23.4 Å². The number of hydrogen-bond donors (Lipinski definition) is 6. The molecule has 2 aliphatic heterocycles. The molecule has 16 nitrogen and oxygen atoms in total. The Balaban J connectivity index is 0.931. The van der Waals surface area contributed by atoms with Gasteiger partial charge in [0.25, 0.3) is 31.7 Å². The fraction of sp³-hybridized carbons (Fsp3) is 0.328. The van der Waals surface area contributed by atoms with Crippen LogP contribution in [-0.4, -0.2) is 125 Å². The molecule has 0 bridgehead atoms. The van der Waals surface area contributed by atoms with Crippen LogP contribution in [0.4, 0.5) is 35.9 Å². The van der Waals surface area contributed by atoms with Crippen molar-refractivity contribution in [3.05, 3.63) is 161 Å². The second kappa shape index (κ2) is 26.5. The number of sulfone groups is 1. The number of aliphatic carboxylic acids is 1. The van der Waals surface area contributed by atoms with Gasteiger partial charge in [0, 0.05) is 76.1 Å². The maximum atomic E-state index is 14.2. The number of likely N-dealkylation sites (N-methyl/N-ethyl adjacent to an activating group) is 1. The summed E-state index contributed by atoms with van der Waals surface area (Å²) >= 11 is 7.61. The van der Waals surface area contributed by atoms with Gasteiger partial charge in [0.05, 0.1) is 23.3 Å². The molecule has 2 amide bonds. The van der Waals surface area contributed by atoms with Crippen molar-refractivity contribution in [2.45, 2.75) is 76.9 Å². The van der Waals surface area contributed by atoms with Gasteiger partial charge in [0.2, 0.25) is 0 Å². The summed E-state index contributed by atoms with van der Waals surface area (Å²) < 4.78 is 98.1. The first-order valence-corrected chi connectivity index (χ1v) is 30.5. The number of aliphatic hydroxyl groups excluding tert-OH is 2. The molecule has 2 unspecified atom stereocenters. The van der Waals surface area contributed by atoms with E-state index in [4.69, 9.17) is 11.6 Å². The first kappa shape index (κ1) is 60.4. The number of anilines is 4. The zero-order chi connectivity index (χ0) is 58.1. The zero-order valence-corrected chi connectivity index (χ0v) is 47.3. The number of carboxylic acids is 1. The highest BCUT2D eigenvalue weighted by Crippen LogP contribution is 2.40. The molecular weight excluding hydrogens is 1130 g/mol. The summed E-state index contributed by atoms with van der Waals surface area (Å²) in [5.41, 5.74) is -2.14. The van der Waals surface area contributed by atoms with E-state index in [-0.39, 0.29) is 23.8 Å². The molecule has 430 valence electrons. The van der Waals surface area contributed by atoms with E-state index < -0.39 is 76.8 Å². The number of sulfonamides is 1. The lowest BCUT2D eigenvalue weighted by Crippen LogP contribution is -2.44. The topological polar surface area (TPSA) is 226 Å². The first-order valence-electron chi connectivity index (χ1n) is 26.2. The molecule has 0 spiro atoms. The van der Waals surface area contributed by atoms with Gasteiger partial charge < -0.3 is 40.7 Å². The number of carbonyl (C=O) groups is 3. The summed E-state index contributed by atoms with van der Waals surface area (Å²) in [6, 6.07) is 35.4. The third-order valence-electron chi connectivity index (χ3n) is 14.5. The molecule has 0 aromatic heterocycles. The molecule has 2 aliphatic rings. The molecule has 8 rings (SSSR count). The van der Waals surface area contributed by atoms with Gasteiger partial charge in [-0.2, -0.15) is 13.2 Å². The Kier molecular flexibility index (Phi) is 19.8. The Hall–Kier alpha value is -6.66. The van der Waals surface area contributed by atoms with Gasteiger partial charge in [-0.3, -0.25) is 9.59 Å². The number of benzene rings is 6. The van der Waals surface area contributed by atoms with Gasteiger partial charge in [-0.05, 0) is 178 Å². The molecule has 2 heterocycles. The number of thioether (sulfide) groups is 1. The Bertz CT molecular complexity index is 3400. The highest BCUT2D eigenvalue weighted by atomic mass is 35.5. The van der Waals surface area contributed by atoms with Crippen LogP contribution in [0.25, 0.3) is 11.1 Å². The van der Waals surface area contributed by atoms with Gasteiger partial charge in [0.1, 0.15) is 10.9 Å². The minimum absolute atomic E-state index is 0.110. The standard InChI is InChI=1S/C58H62ClF3N6O10S3/c1-66(33-34-69)30-28-44(37-79-47-7-3-2-4-8-47)63-51-25-23-48(36-53(51)80(75,76)58(60,61)62)81(77,78)65-56(72)40-12-19-45(20-13-40)67-31-26-39(27-32-67)54(70)50-35-41(14-24-49(50)38-10-15-42(59)16-11-38)55(71)64-43-17-21-46(22-18-43)68-29-6-5-9-52(68)57(73)74/h2-4,7-8,10-25,35-36,39,44,52,54,63,69-70H,5-6,9,26-34,37H2,1H3,(H,64,71)(H,65,72)(H,73,74)/t44?,52?,54-/m0/s1. The van der Waals surface area contributed by atoms with Gasteiger partial charge in [0.15, 0.2) is 0 Å². The molecule has 81 heavy (non-hydrogen) atoms. The largest absolute Gasteiger partial charge is 0.501 e. The highest BCUT2D eigenvalue weighted by Gasteiger charge is 2.48. The van der Waals surface area contributed by atoms with Crippen molar-refractivity contribution in [1.29, 1.82) is 0 Å². The highest BCUT2D eigenvalue weighted by molar-refractivity contribution is 7.99. The van der Waals surface area contributed by atoms with E-state index in [0.29, 0.717) is 97.6 Å². The van der Waals surface area contributed by atoms with Crippen molar-refractivity contribution >= 4 is 83.8 Å². The van der Waals surface area contributed by atoms with Gasteiger partial charge in [-0.1, -0.05) is 48.0 Å². The first-order chi connectivity index (χ1) is 38.6. The zero-order valence-electron chi connectivity index (χ0n) is 44.1. The number of piperidine rings is 2. The monoisotopic (exact) mass is 1190 g/mol. The molecule has 2 saturated heterocycles. The lowest BCUT2D eigenvalue weighted by atomic mass is 9.83. The van der Waals surface area contributed by atoms with E-state index >= 15 is 0 Å². The van der Waals surface area contributed by atoms with Crippen molar-refractivity contribution in [3.63, 3.8) is 0 Å². The smallest absolute Gasteiger partial charge is 0.480 e. The molecule has 6 N–H and O–H groups in total. The molecule has 0 radical (unpaired) electrons. The second-order valence-electron chi connectivity index (χ2n) is 20.0. The average Bonchev–Trinajstić information content (AvgIpc) is 3.58. The average molecular weight is 1190 g/mol. The van der Waals surface area contributed by atoms with E-state index in [1.54, 1.807) is 78.7 Å². The van der Waals surface area contributed by atoms with E-state index in [1.165, 1.54) is 23.9 Å². The molecule has 0 saturated carbocycles. The van der Waals surface area contributed by atoms with Crippen LogP contribution in [0.1, 0.15) is 70.9 Å². The second-order valence-corrected chi connectivity index (χ2v) is 25.1. The predicted molar refractivity (Wildman–Crippen MR) is 308 cm³/mol. The lowest BCUT2D eigenvalue weighted by Gasteiger charge is -2.36. The molecule has 3 atom stereocenters. The number of hydrogen-bond acceptors (Lipinski definition) is 14. The van der Waals surface area contributed by atoms with Gasteiger partial charge >= 0.3 is 11.5 Å². The van der Waals surface area contributed by atoms with Crippen LogP contribution in [0, 0.1) is 5.92 Å². The summed E-state index contributed by atoms with van der Waals surface area (Å²) in [5, 5.41) is 37.6. The number of rotatable bonds is 22. The van der Waals surface area contributed by atoms with Crippen LogP contribution in [0.15, 0.2) is 154 Å². The van der Waals surface area contributed by atoms with Crippen molar-refractivity contribution in [1.82, 2.24) is 9.62 Å². The van der Waals surface area contributed by atoms with E-state index in [2.05, 4.69) is 10.6 Å². The Morgan fingerprint density at radius 1 is 0.778 bits per heavy atom. The molecular formula is C58H62ClF3N6O10S3. The van der Waals surface area contributed by atoms with Gasteiger partial charge in [-0.25, -0.2) is 26.4 Å². The minimum Gasteiger partial charge on any atom is -0.480 e. The SMILES string of the molecule is CN(CCO)CCC(CSc1ccccc1)Nc1ccc(S(=O)(=O)NC(=O)c2ccc(N3CCC([C@H](O)c4cc(C(=O)Nc5ccc(N6CCCCC6C(=O)O)cc5)ccc4-c4ccc(Cl)cc4)CC3)cc2)cc1S(=O)(=O)C(F)(F)F. The summed E-state index contributed by atoms with van der Waals surface area (Å²) in [7, 11) is -9.34. The van der Waals surface area contributed by atoms with Crippen LogP contribution in [0.2, 0.25) is 5.02 Å². The Morgan fingerprint density at radius 3 is 2.10 bits per heavy atom. The summed E-state index contributed by atoms with van der Waals surface area (Å²) in [6.45, 7) is 2.12. The molecule has 6 aromatic rings. The van der Waals surface area contributed by atoms with E-state index in [0.717, 1.165) is 41.1 Å². The number of carbonyl (C=O) groups excluding carboxylic acids is 2. The maximum absolute atomic E-state index is 14.2. The van der Waals surface area contributed by atoms with Crippen molar-refractivity contribution in [3.8, 4) is 11.1 Å². The molecule has 6 aromatic carbocycles. The minimum atomic E-state index is -6.14. The van der Waals surface area contributed by atoms with Crippen LogP contribution in [-0.2, 0) is 24.7 Å². The van der Waals surface area contributed by atoms with Crippen molar-refractivity contribution < 1.29 is 59.7 Å². The molecule has 23 heteroatoms. The Labute approximate surface area is 478 Å². The predicted octanol–water partition coefficient (Wildman–Crippen LogP) is 9.95. The van der Waals surface area contributed by atoms with Crippen molar-refractivity contribution in [2.24, 2.45) is 5.92 Å². The summed E-state index contributed by atoms with van der Waals surface area (Å²) in [5.74, 6) is -2.38. The van der Waals surface area contributed by atoms with E-state index in [9.17, 15) is 59.7 Å². The van der Waals surface area contributed by atoms with Crippen LogP contribution < -0.4 is 25.2 Å². The fourth-order valence-corrected chi connectivity index (χ4v) is 13.1. The normalized spacial score (nSPS) is 16.2. The summed E-state index contributed by atoms with van der Waals surface area (Å²) in [4.78, 5) is 43.5. The van der Waals surface area contributed by atoms with E-state index in [1.807, 2.05) is 57.0 Å². The van der Waals surface area contributed by atoms with Crippen LogP contribution in [0.5, 0.6) is 0 Å². The number of nitrogens with zero attached hydrogens (tertiary/aromatic N) is 3. The number of alkyl halides is 3. The van der Waals surface area contributed by atoms with Crippen molar-refractivity contribution in [2.75, 3.05) is 72.6 Å². The van der Waals surface area contributed by atoms with Gasteiger partial charge in [-0.15, -0.1) is 11.8 Å². The third-order valence-corrected chi connectivity index (χ3v) is 18.8. The third kappa shape index (κ3) is 15.1. The number of aliphatic hydroxyl groups is 2. The quantitative estimate of drug-likeness (QED) is 0.0348. The Morgan fingerprint density at radius 2 is 1.44 bits per heavy atom. The number of halogens is 4. The number of amides is 2. The maximum Gasteiger partial charge on any atom is 0.501 e. The summed E-state index contributed by atoms with van der Waals surface area (Å²) in [6.07, 6.45) is 2.60. The molecule has 2 fully saturated rings.